The highest BCUT2D eigenvalue weighted by Gasteiger charge is 2.11. The zero-order chi connectivity index (χ0) is 30.9. The number of allylic oxidation sites excluding steroid dienone is 3. The van der Waals surface area contributed by atoms with Gasteiger partial charge in [-0.2, -0.15) is 0 Å². The Bertz CT molecular complexity index is 615. The summed E-state index contributed by atoms with van der Waals surface area (Å²) in [5.41, 5.74) is 0. The average molecular weight is 592 g/mol. The molecule has 0 aromatic carbocycles. The summed E-state index contributed by atoms with van der Waals surface area (Å²) in [4.78, 5) is 13.3. The quantitative estimate of drug-likeness (QED) is 0.0424. The van der Waals surface area contributed by atoms with Gasteiger partial charge in [0.25, 0.3) is 0 Å². The lowest BCUT2D eigenvalue weighted by atomic mass is 10.0. The van der Waals surface area contributed by atoms with Gasteiger partial charge in [-0.05, 0) is 98.2 Å². The molecule has 0 N–H and O–H groups in total. The van der Waals surface area contributed by atoms with Gasteiger partial charge in [-0.3, -0.25) is 0 Å². The van der Waals surface area contributed by atoms with Gasteiger partial charge in [0.05, 0.1) is 11.9 Å². The lowest BCUT2D eigenvalue weighted by Gasteiger charge is -2.21. The van der Waals surface area contributed by atoms with E-state index in [2.05, 4.69) is 44.6 Å². The molecule has 248 valence electrons. The molecule has 0 aliphatic carbocycles. The number of ketones is 1. The molecule has 0 fully saturated rings. The SMILES string of the molecule is C=C(CCCN(C)C)OC(CCCCCCCCC/C=C/CCCOCCCCCC)CCCCCCCCC(C)=O. The molecule has 0 bridgehead atoms. The summed E-state index contributed by atoms with van der Waals surface area (Å²) < 4.78 is 12.1. The van der Waals surface area contributed by atoms with E-state index in [4.69, 9.17) is 9.47 Å². The van der Waals surface area contributed by atoms with Crippen LogP contribution >= 0.6 is 0 Å². The van der Waals surface area contributed by atoms with Crippen molar-refractivity contribution in [3.8, 4) is 0 Å². The van der Waals surface area contributed by atoms with E-state index in [0.717, 1.165) is 70.5 Å². The number of hydrogen-bond acceptors (Lipinski definition) is 4. The number of ether oxygens (including phenoxy) is 2. The first-order chi connectivity index (χ1) is 20.5. The van der Waals surface area contributed by atoms with Gasteiger partial charge in [0, 0.05) is 26.1 Å². The van der Waals surface area contributed by atoms with Gasteiger partial charge in [-0.15, -0.1) is 0 Å². The zero-order valence-corrected chi connectivity index (χ0v) is 28.9. The maximum Gasteiger partial charge on any atom is 0.129 e. The summed E-state index contributed by atoms with van der Waals surface area (Å²) in [5.74, 6) is 1.30. The van der Waals surface area contributed by atoms with Crippen LogP contribution in [-0.4, -0.2) is 50.6 Å². The Labute approximate surface area is 263 Å². The van der Waals surface area contributed by atoms with Gasteiger partial charge in [-0.25, -0.2) is 0 Å². The molecule has 0 rings (SSSR count). The van der Waals surface area contributed by atoms with E-state index in [1.165, 1.54) is 116 Å². The fraction of sp³-hybridized carbons (Fsp3) is 0.868. The zero-order valence-electron chi connectivity index (χ0n) is 28.9. The van der Waals surface area contributed by atoms with Gasteiger partial charge < -0.3 is 19.2 Å². The molecule has 1 unspecified atom stereocenters. The Morgan fingerprint density at radius 3 is 1.79 bits per heavy atom. The van der Waals surface area contributed by atoms with Crippen molar-refractivity contribution in [3.05, 3.63) is 24.5 Å². The Hall–Kier alpha value is -1.13. The first-order valence-electron chi connectivity index (χ1n) is 18.2. The van der Waals surface area contributed by atoms with E-state index in [-0.39, 0.29) is 0 Å². The highest BCUT2D eigenvalue weighted by molar-refractivity contribution is 5.75. The fourth-order valence-electron chi connectivity index (χ4n) is 5.39. The highest BCUT2D eigenvalue weighted by atomic mass is 16.5. The summed E-state index contributed by atoms with van der Waals surface area (Å²) in [5, 5.41) is 0. The van der Waals surface area contributed by atoms with Crippen LogP contribution < -0.4 is 0 Å². The predicted octanol–water partition coefficient (Wildman–Crippen LogP) is 11.4. The first kappa shape index (κ1) is 40.9. The fourth-order valence-corrected chi connectivity index (χ4v) is 5.39. The van der Waals surface area contributed by atoms with Crippen molar-refractivity contribution in [1.29, 1.82) is 0 Å². The highest BCUT2D eigenvalue weighted by Crippen LogP contribution is 2.20. The monoisotopic (exact) mass is 592 g/mol. The molecule has 4 nitrogen and oxygen atoms in total. The topological polar surface area (TPSA) is 38.8 Å². The lowest BCUT2D eigenvalue weighted by Crippen LogP contribution is -2.15. The van der Waals surface area contributed by atoms with E-state index in [9.17, 15) is 4.79 Å². The normalized spacial score (nSPS) is 12.4. The Balaban J connectivity index is 3.87. The van der Waals surface area contributed by atoms with Gasteiger partial charge >= 0.3 is 0 Å². The average Bonchev–Trinajstić information content (AvgIpc) is 2.95. The van der Waals surface area contributed by atoms with Crippen LogP contribution in [0.1, 0.15) is 174 Å². The largest absolute Gasteiger partial charge is 0.495 e. The van der Waals surface area contributed by atoms with E-state index in [0.29, 0.717) is 11.9 Å². The van der Waals surface area contributed by atoms with Crippen LogP contribution in [0.15, 0.2) is 24.5 Å². The van der Waals surface area contributed by atoms with Crippen molar-refractivity contribution >= 4 is 5.78 Å². The molecule has 0 saturated carbocycles. The summed E-state index contributed by atoms with van der Waals surface area (Å²) in [7, 11) is 4.25. The smallest absolute Gasteiger partial charge is 0.129 e. The maximum atomic E-state index is 11.1. The molecule has 0 saturated heterocycles. The number of Topliss-reactive ketones (excluding diaryl/α,β-unsaturated/α-hetero) is 1. The standard InChI is InChI=1S/C38H73NO3/c1-6-7-8-26-34-41-35-27-22-18-14-12-10-9-11-13-15-20-24-31-38(42-37(3)30-28-33-39(4)5)32-25-21-17-16-19-23-29-36(2)40/h14,18,38H,3,6-13,15-17,19-35H2,1-2,4-5H3/b18-14+. The number of carbonyl (C=O) groups excluding carboxylic acids is 1. The summed E-state index contributed by atoms with van der Waals surface area (Å²) in [6.45, 7) is 11.1. The number of hydrogen-bond donors (Lipinski definition) is 0. The van der Waals surface area contributed by atoms with E-state index in [1.807, 2.05) is 0 Å². The van der Waals surface area contributed by atoms with Gasteiger partial charge in [0.15, 0.2) is 0 Å². The van der Waals surface area contributed by atoms with Gasteiger partial charge in [0.2, 0.25) is 0 Å². The number of nitrogens with zero attached hydrogens (tertiary/aromatic N) is 1. The molecule has 4 heteroatoms. The third-order valence-electron chi connectivity index (χ3n) is 8.06. The second-order valence-electron chi connectivity index (χ2n) is 12.9. The molecule has 42 heavy (non-hydrogen) atoms. The van der Waals surface area contributed by atoms with Crippen LogP contribution in [0.4, 0.5) is 0 Å². The van der Waals surface area contributed by atoms with Crippen LogP contribution in [0.2, 0.25) is 0 Å². The van der Waals surface area contributed by atoms with Gasteiger partial charge in [0.1, 0.15) is 5.78 Å². The second kappa shape index (κ2) is 32.8. The first-order valence-corrected chi connectivity index (χ1v) is 18.2. The Morgan fingerprint density at radius 2 is 1.19 bits per heavy atom. The molecular formula is C38H73NO3. The molecule has 0 aliphatic rings. The molecule has 0 aromatic rings. The van der Waals surface area contributed by atoms with Crippen molar-refractivity contribution in [1.82, 2.24) is 4.90 Å². The van der Waals surface area contributed by atoms with Crippen molar-refractivity contribution < 1.29 is 14.3 Å². The minimum absolute atomic E-state index is 0.324. The van der Waals surface area contributed by atoms with Gasteiger partial charge in [-0.1, -0.05) is 103 Å². The Morgan fingerprint density at radius 1 is 0.667 bits per heavy atom. The Kier molecular flexibility index (Phi) is 31.9. The maximum absolute atomic E-state index is 11.1. The minimum atomic E-state index is 0.324. The van der Waals surface area contributed by atoms with Crippen LogP contribution in [0.25, 0.3) is 0 Å². The molecule has 1 atom stereocenters. The summed E-state index contributed by atoms with van der Waals surface area (Å²) in [6, 6.07) is 0. The number of carbonyl (C=O) groups is 1. The van der Waals surface area contributed by atoms with E-state index < -0.39 is 0 Å². The van der Waals surface area contributed by atoms with Crippen molar-refractivity contribution in [3.63, 3.8) is 0 Å². The lowest BCUT2D eigenvalue weighted by molar-refractivity contribution is -0.117. The summed E-state index contributed by atoms with van der Waals surface area (Å²) >= 11 is 0. The molecule has 0 aromatic heterocycles. The van der Waals surface area contributed by atoms with Crippen LogP contribution in [0.5, 0.6) is 0 Å². The van der Waals surface area contributed by atoms with Crippen molar-refractivity contribution in [2.45, 2.75) is 180 Å². The van der Waals surface area contributed by atoms with Crippen LogP contribution in [-0.2, 0) is 14.3 Å². The molecule has 0 amide bonds. The molecule has 0 heterocycles. The molecule has 0 radical (unpaired) electrons. The predicted molar refractivity (Wildman–Crippen MR) is 184 cm³/mol. The molecule has 0 spiro atoms. The van der Waals surface area contributed by atoms with Crippen LogP contribution in [0, 0.1) is 0 Å². The third kappa shape index (κ3) is 33.4. The third-order valence-corrected chi connectivity index (χ3v) is 8.06. The second-order valence-corrected chi connectivity index (χ2v) is 12.9. The van der Waals surface area contributed by atoms with Crippen LogP contribution in [0.3, 0.4) is 0 Å². The number of rotatable bonds is 34. The van der Waals surface area contributed by atoms with Crippen molar-refractivity contribution in [2.75, 3.05) is 33.9 Å². The van der Waals surface area contributed by atoms with E-state index in [1.54, 1.807) is 6.92 Å². The molecular weight excluding hydrogens is 518 g/mol. The van der Waals surface area contributed by atoms with Crippen molar-refractivity contribution in [2.24, 2.45) is 0 Å². The minimum Gasteiger partial charge on any atom is -0.495 e. The number of unbranched alkanes of at least 4 members (excludes halogenated alkanes) is 16. The van der Waals surface area contributed by atoms with E-state index >= 15 is 0 Å². The molecule has 0 aliphatic heterocycles. The summed E-state index contributed by atoms with van der Waals surface area (Å²) in [6.07, 6.45) is 35.6.